The van der Waals surface area contributed by atoms with E-state index in [1.165, 1.54) is 44.9 Å². The standard InChI is InChI=1S/C17H30N2O2.ClH/c18-17(9-12-21-13-10-17)15(20)19-11-5-8-16(14-19)6-3-1-2-4-7-16;/h1-14,18H2;1H. The first-order valence-electron chi connectivity index (χ1n) is 8.80. The Hall–Kier alpha value is -0.320. The number of halogens is 1. The molecule has 2 N–H and O–H groups in total. The summed E-state index contributed by atoms with van der Waals surface area (Å²) in [6.07, 6.45) is 11.8. The Morgan fingerprint density at radius 1 is 0.909 bits per heavy atom. The lowest BCUT2D eigenvalue weighted by molar-refractivity contribution is -0.144. The Balaban J connectivity index is 0.00000176. The van der Waals surface area contributed by atoms with E-state index in [1.807, 2.05) is 0 Å². The first-order valence-corrected chi connectivity index (χ1v) is 8.80. The molecule has 2 saturated heterocycles. The molecule has 0 aromatic heterocycles. The van der Waals surface area contributed by atoms with Gasteiger partial charge >= 0.3 is 0 Å². The monoisotopic (exact) mass is 330 g/mol. The largest absolute Gasteiger partial charge is 0.381 e. The molecule has 1 amide bonds. The van der Waals surface area contributed by atoms with Gasteiger partial charge in [0, 0.05) is 26.3 Å². The van der Waals surface area contributed by atoms with E-state index in [-0.39, 0.29) is 18.3 Å². The highest BCUT2D eigenvalue weighted by molar-refractivity contribution is 5.86. The number of ether oxygens (including phenoxy) is 1. The maximum atomic E-state index is 12.9. The zero-order valence-electron chi connectivity index (χ0n) is 13.6. The average Bonchev–Trinajstić information content (AvgIpc) is 2.73. The van der Waals surface area contributed by atoms with Gasteiger partial charge in [0.1, 0.15) is 0 Å². The topological polar surface area (TPSA) is 55.6 Å². The summed E-state index contributed by atoms with van der Waals surface area (Å²) in [7, 11) is 0. The van der Waals surface area contributed by atoms with Crippen LogP contribution in [0.2, 0.25) is 0 Å². The number of hydrogen-bond acceptors (Lipinski definition) is 3. The molecule has 1 saturated carbocycles. The number of carbonyl (C=O) groups excluding carboxylic acids is 1. The van der Waals surface area contributed by atoms with E-state index in [1.54, 1.807) is 0 Å². The van der Waals surface area contributed by atoms with Crippen LogP contribution in [0.1, 0.15) is 64.2 Å². The average molecular weight is 331 g/mol. The SMILES string of the molecule is Cl.NC1(C(=O)N2CCCC3(CCCCCC3)C2)CCOCC1. The highest BCUT2D eigenvalue weighted by atomic mass is 35.5. The molecular weight excluding hydrogens is 300 g/mol. The smallest absolute Gasteiger partial charge is 0.242 e. The molecule has 3 rings (SSSR count). The van der Waals surface area contributed by atoms with Crippen molar-refractivity contribution in [3.63, 3.8) is 0 Å². The predicted molar refractivity (Wildman–Crippen MR) is 90.2 cm³/mol. The van der Waals surface area contributed by atoms with Crippen LogP contribution in [0.25, 0.3) is 0 Å². The zero-order chi connectivity index (χ0) is 14.8. The second-order valence-electron chi connectivity index (χ2n) is 7.51. The molecule has 5 heteroatoms. The second-order valence-corrected chi connectivity index (χ2v) is 7.51. The van der Waals surface area contributed by atoms with E-state index in [2.05, 4.69) is 4.90 Å². The highest BCUT2D eigenvalue weighted by Gasteiger charge is 2.43. The summed E-state index contributed by atoms with van der Waals surface area (Å²) in [5, 5.41) is 0. The summed E-state index contributed by atoms with van der Waals surface area (Å²) in [6, 6.07) is 0. The van der Waals surface area contributed by atoms with Crippen molar-refractivity contribution in [3.8, 4) is 0 Å². The van der Waals surface area contributed by atoms with Crippen molar-refractivity contribution in [3.05, 3.63) is 0 Å². The fourth-order valence-electron chi connectivity index (χ4n) is 4.53. The second kappa shape index (κ2) is 7.50. The molecule has 128 valence electrons. The first-order chi connectivity index (χ1) is 10.1. The minimum atomic E-state index is -0.665. The fraction of sp³-hybridized carbons (Fsp3) is 0.941. The Labute approximate surface area is 140 Å². The normalized spacial score (nSPS) is 27.8. The third kappa shape index (κ3) is 3.77. The van der Waals surface area contributed by atoms with Gasteiger partial charge in [0.25, 0.3) is 0 Å². The van der Waals surface area contributed by atoms with Gasteiger partial charge < -0.3 is 15.4 Å². The van der Waals surface area contributed by atoms with E-state index < -0.39 is 5.54 Å². The summed E-state index contributed by atoms with van der Waals surface area (Å²) >= 11 is 0. The quantitative estimate of drug-likeness (QED) is 0.804. The van der Waals surface area contributed by atoms with Crippen LogP contribution in [0, 0.1) is 5.41 Å². The molecule has 0 aromatic rings. The van der Waals surface area contributed by atoms with Crippen LogP contribution in [-0.2, 0) is 9.53 Å². The molecule has 22 heavy (non-hydrogen) atoms. The maximum Gasteiger partial charge on any atom is 0.242 e. The van der Waals surface area contributed by atoms with Crippen LogP contribution < -0.4 is 5.73 Å². The van der Waals surface area contributed by atoms with Gasteiger partial charge in [-0.3, -0.25) is 4.79 Å². The molecular formula is C17H31ClN2O2. The van der Waals surface area contributed by atoms with Crippen molar-refractivity contribution in [2.75, 3.05) is 26.3 Å². The molecule has 4 nitrogen and oxygen atoms in total. The summed E-state index contributed by atoms with van der Waals surface area (Å²) in [5.74, 6) is 0.189. The number of hydrogen-bond donors (Lipinski definition) is 1. The van der Waals surface area contributed by atoms with Gasteiger partial charge in [0.2, 0.25) is 5.91 Å². The summed E-state index contributed by atoms with van der Waals surface area (Å²) < 4.78 is 5.38. The fourth-order valence-corrected chi connectivity index (χ4v) is 4.53. The first kappa shape index (κ1) is 18.0. The lowest BCUT2D eigenvalue weighted by atomic mass is 9.73. The number of carbonyl (C=O) groups is 1. The lowest BCUT2D eigenvalue weighted by Crippen LogP contribution is -2.60. The van der Waals surface area contributed by atoms with Crippen LogP contribution >= 0.6 is 12.4 Å². The molecule has 2 heterocycles. The van der Waals surface area contributed by atoms with Gasteiger partial charge in [-0.2, -0.15) is 0 Å². The van der Waals surface area contributed by atoms with Gasteiger partial charge in [0.15, 0.2) is 0 Å². The van der Waals surface area contributed by atoms with Crippen LogP contribution in [0.3, 0.4) is 0 Å². The van der Waals surface area contributed by atoms with Crippen molar-refractivity contribution in [2.45, 2.75) is 69.7 Å². The number of amides is 1. The Kier molecular flexibility index (Phi) is 6.14. The minimum absolute atomic E-state index is 0. The van der Waals surface area contributed by atoms with Crippen LogP contribution in [0.5, 0.6) is 0 Å². The number of likely N-dealkylation sites (tertiary alicyclic amines) is 1. The molecule has 0 unspecified atom stereocenters. The number of nitrogens with zero attached hydrogens (tertiary/aromatic N) is 1. The van der Waals surface area contributed by atoms with Crippen LogP contribution in [0.4, 0.5) is 0 Å². The van der Waals surface area contributed by atoms with E-state index >= 15 is 0 Å². The van der Waals surface area contributed by atoms with E-state index in [9.17, 15) is 4.79 Å². The molecule has 3 aliphatic rings. The van der Waals surface area contributed by atoms with Crippen molar-refractivity contribution in [2.24, 2.45) is 11.1 Å². The van der Waals surface area contributed by atoms with Gasteiger partial charge in [-0.05, 0) is 43.9 Å². The lowest BCUT2D eigenvalue weighted by Gasteiger charge is -2.46. The van der Waals surface area contributed by atoms with Crippen LogP contribution in [0.15, 0.2) is 0 Å². The molecule has 0 bridgehead atoms. The summed E-state index contributed by atoms with van der Waals surface area (Å²) in [4.78, 5) is 15.0. The van der Waals surface area contributed by atoms with Crippen molar-refractivity contribution in [1.29, 1.82) is 0 Å². The summed E-state index contributed by atoms with van der Waals surface area (Å²) in [5.41, 5.74) is 6.14. The Bertz CT molecular complexity index is 375. The third-order valence-corrected chi connectivity index (χ3v) is 5.92. The number of nitrogens with two attached hydrogens (primary N) is 1. The molecule has 1 spiro atoms. The molecule has 2 aliphatic heterocycles. The van der Waals surface area contributed by atoms with Gasteiger partial charge in [-0.25, -0.2) is 0 Å². The molecule has 0 radical (unpaired) electrons. The maximum absolute atomic E-state index is 12.9. The molecule has 1 aliphatic carbocycles. The molecule has 3 fully saturated rings. The predicted octanol–water partition coefficient (Wildman–Crippen LogP) is 2.88. The van der Waals surface area contributed by atoms with Gasteiger partial charge in [0.05, 0.1) is 5.54 Å². The zero-order valence-corrected chi connectivity index (χ0v) is 14.5. The highest BCUT2D eigenvalue weighted by Crippen LogP contribution is 2.42. The van der Waals surface area contributed by atoms with Gasteiger partial charge in [-0.15, -0.1) is 12.4 Å². The van der Waals surface area contributed by atoms with E-state index in [0.29, 0.717) is 31.5 Å². The molecule has 0 aromatic carbocycles. The molecule has 0 atom stereocenters. The Morgan fingerprint density at radius 3 is 2.14 bits per heavy atom. The number of rotatable bonds is 1. The van der Waals surface area contributed by atoms with Crippen molar-refractivity contribution in [1.82, 2.24) is 4.90 Å². The van der Waals surface area contributed by atoms with Gasteiger partial charge in [-0.1, -0.05) is 25.7 Å². The summed E-state index contributed by atoms with van der Waals surface area (Å²) in [6.45, 7) is 3.11. The third-order valence-electron chi connectivity index (χ3n) is 5.92. The van der Waals surface area contributed by atoms with E-state index in [0.717, 1.165) is 19.5 Å². The van der Waals surface area contributed by atoms with Crippen molar-refractivity contribution >= 4 is 18.3 Å². The van der Waals surface area contributed by atoms with Crippen molar-refractivity contribution < 1.29 is 9.53 Å². The Morgan fingerprint density at radius 2 is 1.50 bits per heavy atom. The number of piperidine rings is 1. The van der Waals surface area contributed by atoms with E-state index in [4.69, 9.17) is 10.5 Å². The minimum Gasteiger partial charge on any atom is -0.381 e. The van der Waals surface area contributed by atoms with Crippen LogP contribution in [-0.4, -0.2) is 42.6 Å².